The Morgan fingerprint density at radius 3 is 1.75 bits per heavy atom. The number of aromatic nitrogens is 2. The lowest BCUT2D eigenvalue weighted by Crippen LogP contribution is -2.61. The third kappa shape index (κ3) is 10.1. The Hall–Kier alpha value is -7.21. The number of aliphatic imine (C=N–C) groups is 1. The molecule has 3 aromatic carbocycles. The topological polar surface area (TPSA) is 279 Å². The van der Waals surface area contributed by atoms with Crippen molar-refractivity contribution in [2.24, 2.45) is 22.2 Å². The van der Waals surface area contributed by atoms with Crippen molar-refractivity contribution < 1.29 is 28.8 Å². The maximum Gasteiger partial charge on any atom is 0.246 e. The zero-order chi connectivity index (χ0) is 45.6. The predicted octanol–water partition coefficient (Wildman–Crippen LogP) is 0.603. The molecule has 3 aliphatic rings. The van der Waals surface area contributed by atoms with E-state index in [2.05, 4.69) is 36.2 Å². The molecule has 0 bridgehead atoms. The van der Waals surface area contributed by atoms with Crippen molar-refractivity contribution in [1.29, 1.82) is 0 Å². The van der Waals surface area contributed by atoms with Crippen molar-refractivity contribution in [2.45, 2.75) is 93.7 Å². The van der Waals surface area contributed by atoms with Crippen LogP contribution in [0.2, 0.25) is 0 Å². The number of nitrogens with zero attached hydrogens (tertiary/aromatic N) is 3. The lowest BCUT2D eigenvalue weighted by Gasteiger charge is -2.34. The molecule has 0 radical (unpaired) electrons. The first-order valence-electron chi connectivity index (χ1n) is 22.2. The Kier molecular flexibility index (Phi) is 13.4. The van der Waals surface area contributed by atoms with Crippen LogP contribution < -0.4 is 38.5 Å². The van der Waals surface area contributed by atoms with Gasteiger partial charge in [-0.2, -0.15) is 0 Å². The van der Waals surface area contributed by atoms with Crippen LogP contribution in [0, 0.1) is 0 Å². The molecule has 0 spiro atoms. The minimum absolute atomic E-state index is 0.0170. The van der Waals surface area contributed by atoms with Gasteiger partial charge in [0.05, 0.1) is 0 Å². The molecule has 3 saturated heterocycles. The number of nitrogens with two attached hydrogens (primary N) is 3. The van der Waals surface area contributed by atoms with Gasteiger partial charge in [-0.25, -0.2) is 0 Å². The third-order valence-corrected chi connectivity index (χ3v) is 12.7. The van der Waals surface area contributed by atoms with Crippen molar-refractivity contribution >= 4 is 63.2 Å². The first-order valence-corrected chi connectivity index (χ1v) is 22.2. The Bertz CT molecular complexity index is 2590. The minimum Gasteiger partial charge on any atom is -0.370 e. The molecule has 7 atom stereocenters. The second kappa shape index (κ2) is 19.7. The van der Waals surface area contributed by atoms with Gasteiger partial charge in [-0.3, -0.25) is 33.8 Å². The number of carbonyl (C=O) groups excluding carboxylic acids is 6. The smallest absolute Gasteiger partial charge is 0.246 e. The molecule has 18 heteroatoms. The Morgan fingerprint density at radius 2 is 1.15 bits per heavy atom. The second-order valence-electron chi connectivity index (χ2n) is 17.2. The molecule has 12 N–H and O–H groups in total. The fourth-order valence-corrected chi connectivity index (χ4v) is 9.40. The van der Waals surface area contributed by atoms with Gasteiger partial charge >= 0.3 is 0 Å². The van der Waals surface area contributed by atoms with Gasteiger partial charge in [-0.1, -0.05) is 66.7 Å². The number of amides is 6. The molecule has 0 aliphatic carbocycles. The van der Waals surface area contributed by atoms with E-state index in [0.717, 1.165) is 38.5 Å². The largest absolute Gasteiger partial charge is 0.370 e. The van der Waals surface area contributed by atoms with E-state index >= 15 is 0 Å². The van der Waals surface area contributed by atoms with E-state index in [1.165, 1.54) is 9.80 Å². The van der Waals surface area contributed by atoms with Gasteiger partial charge in [0.15, 0.2) is 5.96 Å². The van der Waals surface area contributed by atoms with Crippen molar-refractivity contribution in [2.75, 3.05) is 19.6 Å². The van der Waals surface area contributed by atoms with Gasteiger partial charge in [0.25, 0.3) is 0 Å². The molecular formula is C47H56N12O6. The van der Waals surface area contributed by atoms with Crippen LogP contribution in [0.5, 0.6) is 0 Å². The normalized spacial score (nSPS) is 24.7. The first kappa shape index (κ1) is 44.4. The number of benzene rings is 3. The maximum atomic E-state index is 14.8. The molecule has 3 aliphatic heterocycles. The molecule has 6 amide bonds. The third-order valence-electron chi connectivity index (χ3n) is 12.7. The van der Waals surface area contributed by atoms with E-state index in [1.54, 1.807) is 12.4 Å². The SMILES string of the molecule is NC(N)=NCCC[C@@H]1NC(=O)[C@H](Cc2c[nH]c3ccccc23)NC(=O)[C@@H](Cc2ccccc2)NC(=O)[C@H](Cc2c[nH]c3ccccc23)NC(=O)[C@@H]2C[C@@H](N)CN2C(=O)[C@H]2CCCN2C1=O. The molecule has 0 unspecified atom stereocenters. The van der Waals surface area contributed by atoms with Gasteiger partial charge < -0.3 is 58.2 Å². The highest BCUT2D eigenvalue weighted by Crippen LogP contribution is 2.27. The molecule has 65 heavy (non-hydrogen) atoms. The molecule has 18 nitrogen and oxygen atoms in total. The molecule has 5 heterocycles. The number of hydrogen-bond donors (Lipinski definition) is 9. The highest BCUT2D eigenvalue weighted by Gasteiger charge is 2.46. The average Bonchev–Trinajstić information content (AvgIpc) is 4.13. The second-order valence-corrected chi connectivity index (χ2v) is 17.2. The van der Waals surface area contributed by atoms with Crippen LogP contribution in [0.1, 0.15) is 48.8 Å². The summed E-state index contributed by atoms with van der Waals surface area (Å²) >= 11 is 0. The molecule has 2 aromatic heterocycles. The summed E-state index contributed by atoms with van der Waals surface area (Å²) in [5.41, 5.74) is 21.5. The summed E-state index contributed by atoms with van der Waals surface area (Å²) in [6.45, 7) is 0.461. The molecule has 5 aromatic rings. The number of nitrogens with one attached hydrogen (secondary N) is 6. The van der Waals surface area contributed by atoms with E-state index in [-0.39, 0.29) is 57.7 Å². The fourth-order valence-electron chi connectivity index (χ4n) is 9.40. The average molecular weight is 885 g/mol. The van der Waals surface area contributed by atoms with Gasteiger partial charge in [0, 0.05) is 79.1 Å². The molecule has 0 saturated carbocycles. The summed E-state index contributed by atoms with van der Waals surface area (Å²) in [6.07, 6.45) is 5.00. The van der Waals surface area contributed by atoms with Crippen LogP contribution in [-0.2, 0) is 48.0 Å². The summed E-state index contributed by atoms with van der Waals surface area (Å²) in [7, 11) is 0. The maximum absolute atomic E-state index is 14.8. The zero-order valence-corrected chi connectivity index (χ0v) is 36.0. The van der Waals surface area contributed by atoms with Crippen molar-refractivity contribution in [3.8, 4) is 0 Å². The highest BCUT2D eigenvalue weighted by molar-refractivity contribution is 5.99. The lowest BCUT2D eigenvalue weighted by atomic mass is 10.00. The highest BCUT2D eigenvalue weighted by atomic mass is 16.2. The number of hydrogen-bond acceptors (Lipinski definition) is 8. The summed E-state index contributed by atoms with van der Waals surface area (Å²) in [5, 5.41) is 13.4. The van der Waals surface area contributed by atoms with Gasteiger partial charge in [-0.15, -0.1) is 0 Å². The number of aromatic amines is 2. The summed E-state index contributed by atoms with van der Waals surface area (Å²) < 4.78 is 0. The number of carbonyl (C=O) groups is 6. The van der Waals surface area contributed by atoms with Gasteiger partial charge in [-0.05, 0) is 60.9 Å². The summed E-state index contributed by atoms with van der Waals surface area (Å²) in [6, 6.07) is 16.9. The quantitative estimate of drug-likeness (QED) is 0.0539. The molecule has 3 fully saturated rings. The van der Waals surface area contributed by atoms with E-state index < -0.39 is 77.7 Å². The van der Waals surface area contributed by atoms with Crippen LogP contribution in [0.3, 0.4) is 0 Å². The standard InChI is InChI=1S/C47H56N12O6/c48-30-23-40-44(63)57-38(22-29-25-53-34-15-7-5-13-32(29)34)43(62)55-36(20-27-10-2-1-3-11-27)41(60)56-37(21-28-24-52-33-14-6-4-12-31(28)33)42(61)54-35(16-8-18-51-47(49)50)45(64)58-19-9-17-39(58)46(65)59(40)26-30/h1-7,10-15,24-25,30,35-40,52-53H,8-9,16-23,26,48H2,(H,54,61)(H,55,62)(H,56,60)(H,57,63)(H4,49,50,51)/t30-,35+,36-,37+,38+,39-,40+/m1/s1. The van der Waals surface area contributed by atoms with Crippen molar-refractivity contribution in [3.05, 3.63) is 108 Å². The lowest BCUT2D eigenvalue weighted by molar-refractivity contribution is -0.148. The Labute approximate surface area is 375 Å². The Balaban J connectivity index is 1.19. The Morgan fingerprint density at radius 1 is 0.615 bits per heavy atom. The molecular weight excluding hydrogens is 829 g/mol. The monoisotopic (exact) mass is 884 g/mol. The number of para-hydroxylation sites is 2. The van der Waals surface area contributed by atoms with E-state index in [1.807, 2.05) is 78.9 Å². The molecule has 8 rings (SSSR count). The van der Waals surface area contributed by atoms with E-state index in [9.17, 15) is 28.8 Å². The van der Waals surface area contributed by atoms with Crippen molar-refractivity contribution in [1.82, 2.24) is 41.0 Å². The van der Waals surface area contributed by atoms with Crippen LogP contribution in [0.4, 0.5) is 0 Å². The number of guanidine groups is 1. The van der Waals surface area contributed by atoms with E-state index in [4.69, 9.17) is 17.2 Å². The van der Waals surface area contributed by atoms with Gasteiger partial charge in [0.2, 0.25) is 35.4 Å². The number of fused-ring (bicyclic) bond motifs is 4. The fraction of sp³-hybridized carbons (Fsp3) is 0.383. The predicted molar refractivity (Wildman–Crippen MR) is 245 cm³/mol. The first-order chi connectivity index (χ1) is 31.4. The summed E-state index contributed by atoms with van der Waals surface area (Å²) in [4.78, 5) is 102. The summed E-state index contributed by atoms with van der Waals surface area (Å²) in [5.74, 6) is -3.60. The number of rotatable bonds is 10. The molecule has 340 valence electrons. The number of H-pyrrole nitrogens is 2. The minimum atomic E-state index is -1.24. The van der Waals surface area contributed by atoms with Crippen LogP contribution in [0.25, 0.3) is 21.8 Å². The van der Waals surface area contributed by atoms with Crippen molar-refractivity contribution in [3.63, 3.8) is 0 Å². The van der Waals surface area contributed by atoms with Crippen LogP contribution in [0.15, 0.2) is 96.2 Å². The van der Waals surface area contributed by atoms with Crippen LogP contribution >= 0.6 is 0 Å². The zero-order valence-electron chi connectivity index (χ0n) is 36.0. The van der Waals surface area contributed by atoms with Crippen LogP contribution in [-0.4, -0.2) is 123 Å². The van der Waals surface area contributed by atoms with E-state index in [0.29, 0.717) is 19.3 Å². The van der Waals surface area contributed by atoms with Gasteiger partial charge in [0.1, 0.15) is 36.3 Å².